The van der Waals surface area contributed by atoms with Crippen molar-refractivity contribution in [2.45, 2.75) is 53.2 Å². The molecular weight excluding hydrogens is 438 g/mol. The Hall–Kier alpha value is -3.49. The van der Waals surface area contributed by atoms with Gasteiger partial charge in [-0.3, -0.25) is 9.59 Å². The van der Waals surface area contributed by atoms with Crippen molar-refractivity contribution in [1.82, 2.24) is 15.2 Å². The molecule has 0 aliphatic carbocycles. The van der Waals surface area contributed by atoms with E-state index >= 15 is 0 Å². The highest BCUT2D eigenvalue weighted by Gasteiger charge is 2.32. The van der Waals surface area contributed by atoms with Crippen LogP contribution in [0.15, 0.2) is 18.2 Å². The van der Waals surface area contributed by atoms with Gasteiger partial charge in [-0.25, -0.2) is 4.79 Å². The van der Waals surface area contributed by atoms with Gasteiger partial charge in [0.05, 0.1) is 17.6 Å². The first-order chi connectivity index (χ1) is 16.2. The SMILES string of the molecule is Cc1[nH]c(C(=O)N2CCC[C@@H](C(=O)NCc3ccc4c(c3)OCO4)C2)c(C)c1C(=O)OC(C)C. The molecule has 2 aliphatic heterocycles. The topological polar surface area (TPSA) is 110 Å². The molecule has 34 heavy (non-hydrogen) atoms. The molecule has 1 aromatic heterocycles. The molecule has 9 heteroatoms. The maximum absolute atomic E-state index is 13.3. The maximum atomic E-state index is 13.3. The average molecular weight is 470 g/mol. The Morgan fingerprint density at radius 1 is 1.21 bits per heavy atom. The number of amides is 2. The van der Waals surface area contributed by atoms with Crippen molar-refractivity contribution in [2.75, 3.05) is 19.9 Å². The van der Waals surface area contributed by atoms with Gasteiger partial charge in [0.2, 0.25) is 12.7 Å². The van der Waals surface area contributed by atoms with Crippen LogP contribution in [0.1, 0.15) is 64.4 Å². The van der Waals surface area contributed by atoms with Gasteiger partial charge in [0.25, 0.3) is 5.91 Å². The van der Waals surface area contributed by atoms with E-state index in [4.69, 9.17) is 14.2 Å². The molecule has 2 amide bonds. The van der Waals surface area contributed by atoms with Crippen molar-refractivity contribution < 1.29 is 28.6 Å². The lowest BCUT2D eigenvalue weighted by atomic mass is 9.96. The molecule has 1 saturated heterocycles. The third-order valence-corrected chi connectivity index (χ3v) is 6.18. The first-order valence-electron chi connectivity index (χ1n) is 11.6. The number of fused-ring (bicyclic) bond motifs is 1. The van der Waals surface area contributed by atoms with Crippen LogP contribution in [-0.2, 0) is 16.1 Å². The summed E-state index contributed by atoms with van der Waals surface area (Å²) in [5, 5.41) is 2.97. The zero-order valence-electron chi connectivity index (χ0n) is 20.0. The maximum Gasteiger partial charge on any atom is 0.340 e. The molecule has 0 radical (unpaired) electrons. The molecule has 2 aliphatic rings. The Kier molecular flexibility index (Phi) is 6.81. The van der Waals surface area contributed by atoms with Crippen molar-refractivity contribution in [2.24, 2.45) is 5.92 Å². The quantitative estimate of drug-likeness (QED) is 0.629. The minimum absolute atomic E-state index is 0.0873. The number of aryl methyl sites for hydroxylation is 1. The average Bonchev–Trinajstić information content (AvgIpc) is 3.39. The number of aromatic nitrogens is 1. The van der Waals surface area contributed by atoms with Gasteiger partial charge >= 0.3 is 5.97 Å². The first kappa shape index (κ1) is 23.7. The standard InChI is InChI=1S/C25H31N3O6/c1-14(2)34-25(31)21-15(3)22(27-16(21)4)24(30)28-9-5-6-18(12-28)23(29)26-11-17-7-8-19-20(10-17)33-13-32-19/h7-8,10,14,18,27H,5-6,9,11-13H2,1-4H3,(H,26,29)/t18-/m1/s1. The van der Waals surface area contributed by atoms with Gasteiger partial charge in [0, 0.05) is 25.3 Å². The number of H-pyrrole nitrogens is 1. The molecule has 1 atom stereocenters. The van der Waals surface area contributed by atoms with Gasteiger partial charge in [-0.15, -0.1) is 0 Å². The van der Waals surface area contributed by atoms with Crippen LogP contribution in [0, 0.1) is 19.8 Å². The van der Waals surface area contributed by atoms with Crippen molar-refractivity contribution in [3.05, 3.63) is 46.3 Å². The van der Waals surface area contributed by atoms with E-state index in [0.717, 1.165) is 12.0 Å². The van der Waals surface area contributed by atoms with Crippen LogP contribution >= 0.6 is 0 Å². The number of aromatic amines is 1. The molecule has 1 aromatic carbocycles. The predicted molar refractivity (Wildman–Crippen MR) is 124 cm³/mol. The van der Waals surface area contributed by atoms with Crippen molar-refractivity contribution in [1.29, 1.82) is 0 Å². The fourth-order valence-electron chi connectivity index (χ4n) is 4.46. The number of hydrogen-bond donors (Lipinski definition) is 2. The van der Waals surface area contributed by atoms with Gasteiger partial charge in [-0.2, -0.15) is 0 Å². The summed E-state index contributed by atoms with van der Waals surface area (Å²) in [6.45, 7) is 8.53. The Bertz CT molecular complexity index is 1110. The smallest absolute Gasteiger partial charge is 0.340 e. The van der Waals surface area contributed by atoms with Crippen LogP contribution < -0.4 is 14.8 Å². The molecule has 0 spiro atoms. The number of likely N-dealkylation sites (tertiary alicyclic amines) is 1. The van der Waals surface area contributed by atoms with Gasteiger partial charge in [-0.05, 0) is 63.8 Å². The van der Waals surface area contributed by atoms with E-state index in [0.29, 0.717) is 60.1 Å². The third kappa shape index (κ3) is 4.88. The summed E-state index contributed by atoms with van der Waals surface area (Å²) in [4.78, 5) is 43.3. The number of nitrogens with one attached hydrogen (secondary N) is 2. The number of rotatable bonds is 6. The lowest BCUT2D eigenvalue weighted by molar-refractivity contribution is -0.126. The summed E-state index contributed by atoms with van der Waals surface area (Å²) in [5.41, 5.74) is 2.85. The molecule has 0 saturated carbocycles. The number of benzene rings is 1. The highest BCUT2D eigenvalue weighted by atomic mass is 16.7. The van der Waals surface area contributed by atoms with E-state index in [1.807, 2.05) is 18.2 Å². The van der Waals surface area contributed by atoms with E-state index in [1.54, 1.807) is 32.6 Å². The summed E-state index contributed by atoms with van der Waals surface area (Å²) in [7, 11) is 0. The Labute approximate surface area is 198 Å². The van der Waals surface area contributed by atoms with Crippen molar-refractivity contribution in [3.63, 3.8) is 0 Å². The van der Waals surface area contributed by atoms with E-state index in [2.05, 4.69) is 10.3 Å². The van der Waals surface area contributed by atoms with Crippen LogP contribution in [0.3, 0.4) is 0 Å². The highest BCUT2D eigenvalue weighted by Crippen LogP contribution is 2.32. The zero-order valence-corrected chi connectivity index (χ0v) is 20.0. The Balaban J connectivity index is 1.39. The number of ether oxygens (including phenoxy) is 3. The summed E-state index contributed by atoms with van der Waals surface area (Å²) >= 11 is 0. The van der Waals surface area contributed by atoms with Crippen LogP contribution in [0.25, 0.3) is 0 Å². The fourth-order valence-corrected chi connectivity index (χ4v) is 4.46. The number of esters is 1. The summed E-state index contributed by atoms with van der Waals surface area (Å²) in [5.74, 6) is 0.336. The highest BCUT2D eigenvalue weighted by molar-refractivity contribution is 6.00. The molecule has 1 fully saturated rings. The number of carbonyl (C=O) groups excluding carboxylic acids is 3. The molecule has 182 valence electrons. The normalized spacial score (nSPS) is 17.1. The lowest BCUT2D eigenvalue weighted by Crippen LogP contribution is -2.45. The molecular formula is C25H31N3O6. The van der Waals surface area contributed by atoms with Gasteiger partial charge in [0.15, 0.2) is 11.5 Å². The second-order valence-electron chi connectivity index (χ2n) is 9.07. The second-order valence-corrected chi connectivity index (χ2v) is 9.07. The van der Waals surface area contributed by atoms with E-state index < -0.39 is 5.97 Å². The van der Waals surface area contributed by atoms with Crippen LogP contribution in [0.2, 0.25) is 0 Å². The summed E-state index contributed by atoms with van der Waals surface area (Å²) < 4.78 is 16.0. The molecule has 9 nitrogen and oxygen atoms in total. The minimum atomic E-state index is -0.445. The summed E-state index contributed by atoms with van der Waals surface area (Å²) in [6.07, 6.45) is 1.19. The number of carbonyl (C=O) groups is 3. The first-order valence-corrected chi connectivity index (χ1v) is 11.6. The van der Waals surface area contributed by atoms with Crippen molar-refractivity contribution in [3.8, 4) is 11.5 Å². The van der Waals surface area contributed by atoms with Gasteiger partial charge in [-0.1, -0.05) is 6.07 Å². The Morgan fingerprint density at radius 2 is 1.97 bits per heavy atom. The van der Waals surface area contributed by atoms with E-state index in [9.17, 15) is 14.4 Å². The van der Waals surface area contributed by atoms with E-state index in [1.165, 1.54) is 0 Å². The van der Waals surface area contributed by atoms with Gasteiger partial charge < -0.3 is 29.4 Å². The molecule has 2 aromatic rings. The third-order valence-electron chi connectivity index (χ3n) is 6.18. The summed E-state index contributed by atoms with van der Waals surface area (Å²) in [6, 6.07) is 5.58. The lowest BCUT2D eigenvalue weighted by Gasteiger charge is -2.32. The molecule has 0 unspecified atom stereocenters. The van der Waals surface area contributed by atoms with Crippen LogP contribution in [0.4, 0.5) is 0 Å². The zero-order chi connectivity index (χ0) is 24.4. The molecule has 0 bridgehead atoms. The fraction of sp³-hybridized carbons (Fsp3) is 0.480. The molecule has 4 rings (SSSR count). The second kappa shape index (κ2) is 9.79. The largest absolute Gasteiger partial charge is 0.459 e. The van der Waals surface area contributed by atoms with Crippen LogP contribution in [0.5, 0.6) is 11.5 Å². The molecule has 3 heterocycles. The predicted octanol–water partition coefficient (Wildman–Crippen LogP) is 3.09. The minimum Gasteiger partial charge on any atom is -0.459 e. The van der Waals surface area contributed by atoms with E-state index in [-0.39, 0.29) is 30.6 Å². The van der Waals surface area contributed by atoms with Crippen molar-refractivity contribution >= 4 is 17.8 Å². The number of hydrogen-bond acceptors (Lipinski definition) is 6. The number of nitrogens with zero attached hydrogens (tertiary/aromatic N) is 1. The van der Waals surface area contributed by atoms with Gasteiger partial charge in [0.1, 0.15) is 5.69 Å². The van der Waals surface area contributed by atoms with Crippen LogP contribution in [-0.4, -0.2) is 53.7 Å². The Morgan fingerprint density at radius 3 is 2.74 bits per heavy atom. The molecule has 2 N–H and O–H groups in total. The monoisotopic (exact) mass is 469 g/mol. The number of piperidine rings is 1.